The Kier molecular flexibility index (Phi) is 6.65. The van der Waals surface area contributed by atoms with Crippen molar-refractivity contribution in [3.63, 3.8) is 0 Å². The first kappa shape index (κ1) is 22.3. The van der Waals surface area contributed by atoms with E-state index in [2.05, 4.69) is 11.0 Å². The number of fused-ring (bicyclic) bond motifs is 2. The van der Waals surface area contributed by atoms with Crippen LogP contribution in [-0.2, 0) is 16.8 Å². The number of halogens is 2. The van der Waals surface area contributed by atoms with E-state index in [1.807, 2.05) is 25.1 Å². The first-order valence-corrected chi connectivity index (χ1v) is 11.4. The van der Waals surface area contributed by atoms with Crippen LogP contribution in [0.5, 0.6) is 11.5 Å². The summed E-state index contributed by atoms with van der Waals surface area (Å²) in [6.07, 6.45) is 2.24. The predicted molar refractivity (Wildman–Crippen MR) is 121 cm³/mol. The summed E-state index contributed by atoms with van der Waals surface area (Å²) in [5, 5.41) is 10.2. The molecule has 0 saturated carbocycles. The SMILES string of the molecule is CC(CC(=O)O)CN1CCC2(CC1)COc1cc(OCc3c(Cl)cccc3Cl)ccc12. The lowest BCUT2D eigenvalue weighted by Crippen LogP contribution is -2.45. The lowest BCUT2D eigenvalue weighted by molar-refractivity contribution is -0.138. The van der Waals surface area contributed by atoms with Crippen LogP contribution in [0.15, 0.2) is 36.4 Å². The number of carboxylic acids is 1. The average Bonchev–Trinajstić information content (AvgIpc) is 3.06. The van der Waals surface area contributed by atoms with Gasteiger partial charge in [-0.3, -0.25) is 4.79 Å². The summed E-state index contributed by atoms with van der Waals surface area (Å²) in [7, 11) is 0. The molecular weight excluding hydrogens is 437 g/mol. The van der Waals surface area contributed by atoms with Gasteiger partial charge in [-0.2, -0.15) is 0 Å². The maximum Gasteiger partial charge on any atom is 0.303 e. The molecule has 0 aliphatic carbocycles. The van der Waals surface area contributed by atoms with Gasteiger partial charge in [0.05, 0.1) is 6.61 Å². The lowest BCUT2D eigenvalue weighted by Gasteiger charge is -2.39. The molecule has 1 fully saturated rings. The van der Waals surface area contributed by atoms with E-state index in [9.17, 15) is 4.79 Å². The minimum absolute atomic E-state index is 0.0342. The Morgan fingerprint density at radius 1 is 1.23 bits per heavy atom. The van der Waals surface area contributed by atoms with Crippen LogP contribution in [0.4, 0.5) is 0 Å². The minimum Gasteiger partial charge on any atom is -0.492 e. The first-order valence-electron chi connectivity index (χ1n) is 10.6. The van der Waals surface area contributed by atoms with Crippen LogP contribution in [0.2, 0.25) is 10.0 Å². The molecule has 7 heteroatoms. The molecule has 1 spiro atoms. The van der Waals surface area contributed by atoms with E-state index < -0.39 is 5.97 Å². The molecule has 2 heterocycles. The summed E-state index contributed by atoms with van der Waals surface area (Å²) >= 11 is 12.5. The van der Waals surface area contributed by atoms with Crippen LogP contribution in [0, 0.1) is 5.92 Å². The smallest absolute Gasteiger partial charge is 0.303 e. The fraction of sp³-hybridized carbons (Fsp3) is 0.458. The molecule has 2 aromatic carbocycles. The number of benzene rings is 2. The molecule has 0 aromatic heterocycles. The van der Waals surface area contributed by atoms with Gasteiger partial charge in [0.15, 0.2) is 0 Å². The molecule has 4 rings (SSSR count). The van der Waals surface area contributed by atoms with E-state index in [-0.39, 0.29) is 17.8 Å². The van der Waals surface area contributed by atoms with Gasteiger partial charge in [-0.15, -0.1) is 0 Å². The van der Waals surface area contributed by atoms with E-state index in [0.29, 0.717) is 23.3 Å². The number of piperidine rings is 1. The summed E-state index contributed by atoms with van der Waals surface area (Å²) in [6.45, 7) is 5.72. The van der Waals surface area contributed by atoms with Gasteiger partial charge in [-0.1, -0.05) is 42.3 Å². The average molecular weight is 464 g/mol. The number of ether oxygens (including phenoxy) is 2. The topological polar surface area (TPSA) is 59.0 Å². The third-order valence-electron chi connectivity index (χ3n) is 6.38. The van der Waals surface area contributed by atoms with Gasteiger partial charge in [0.2, 0.25) is 0 Å². The van der Waals surface area contributed by atoms with Crippen LogP contribution in [0.3, 0.4) is 0 Å². The monoisotopic (exact) mass is 463 g/mol. The molecule has 1 N–H and O–H groups in total. The lowest BCUT2D eigenvalue weighted by atomic mass is 9.74. The molecule has 5 nitrogen and oxygen atoms in total. The second kappa shape index (κ2) is 9.27. The molecule has 31 heavy (non-hydrogen) atoms. The quantitative estimate of drug-likeness (QED) is 0.594. The van der Waals surface area contributed by atoms with E-state index in [0.717, 1.165) is 49.5 Å². The van der Waals surface area contributed by atoms with Gasteiger partial charge < -0.3 is 19.5 Å². The van der Waals surface area contributed by atoms with Crippen molar-refractivity contribution in [2.75, 3.05) is 26.2 Å². The van der Waals surface area contributed by atoms with Crippen molar-refractivity contribution < 1.29 is 19.4 Å². The van der Waals surface area contributed by atoms with Gasteiger partial charge in [-0.05, 0) is 50.0 Å². The minimum atomic E-state index is -0.728. The van der Waals surface area contributed by atoms with Crippen LogP contribution in [0.1, 0.15) is 37.3 Å². The summed E-state index contributed by atoms with van der Waals surface area (Å²) in [5.74, 6) is 1.04. The molecule has 0 radical (unpaired) electrons. The fourth-order valence-corrected chi connectivity index (χ4v) is 5.16. The number of nitrogens with zero attached hydrogens (tertiary/aromatic N) is 1. The van der Waals surface area contributed by atoms with Crippen molar-refractivity contribution in [1.82, 2.24) is 4.90 Å². The van der Waals surface area contributed by atoms with Gasteiger partial charge >= 0.3 is 5.97 Å². The van der Waals surface area contributed by atoms with Gasteiger partial charge in [-0.25, -0.2) is 0 Å². The first-order chi connectivity index (χ1) is 14.9. The van der Waals surface area contributed by atoms with Crippen LogP contribution in [-0.4, -0.2) is 42.2 Å². The highest BCUT2D eigenvalue weighted by Crippen LogP contribution is 2.46. The van der Waals surface area contributed by atoms with E-state index >= 15 is 0 Å². The molecule has 0 bridgehead atoms. The molecule has 1 saturated heterocycles. The highest BCUT2D eigenvalue weighted by atomic mass is 35.5. The van der Waals surface area contributed by atoms with Crippen molar-refractivity contribution in [1.29, 1.82) is 0 Å². The van der Waals surface area contributed by atoms with Crippen LogP contribution >= 0.6 is 23.2 Å². The molecule has 1 atom stereocenters. The molecule has 2 aromatic rings. The van der Waals surface area contributed by atoms with Crippen molar-refractivity contribution in [2.45, 2.75) is 38.2 Å². The Morgan fingerprint density at radius 3 is 2.61 bits per heavy atom. The maximum atomic E-state index is 10.9. The molecule has 0 amide bonds. The van der Waals surface area contributed by atoms with Crippen molar-refractivity contribution in [3.8, 4) is 11.5 Å². The number of rotatable bonds is 7. The molecule has 2 aliphatic rings. The molecular formula is C24H27Cl2NO4. The fourth-order valence-electron chi connectivity index (χ4n) is 4.65. The highest BCUT2D eigenvalue weighted by molar-refractivity contribution is 6.35. The van der Waals surface area contributed by atoms with E-state index in [1.54, 1.807) is 12.1 Å². The number of aliphatic carboxylic acids is 1. The molecule has 2 aliphatic heterocycles. The summed E-state index contributed by atoms with van der Waals surface area (Å²) in [5.41, 5.74) is 2.05. The second-order valence-electron chi connectivity index (χ2n) is 8.72. The number of carbonyl (C=O) groups is 1. The van der Waals surface area contributed by atoms with E-state index in [4.69, 9.17) is 37.8 Å². The summed E-state index contributed by atoms with van der Waals surface area (Å²) in [4.78, 5) is 13.3. The zero-order valence-electron chi connectivity index (χ0n) is 17.6. The Morgan fingerprint density at radius 2 is 1.94 bits per heavy atom. The predicted octanol–water partition coefficient (Wildman–Crippen LogP) is 5.41. The number of carboxylic acid groups (broad SMARTS) is 1. The highest BCUT2D eigenvalue weighted by Gasteiger charge is 2.43. The van der Waals surface area contributed by atoms with Crippen molar-refractivity contribution >= 4 is 29.2 Å². The Labute approximate surface area is 192 Å². The number of hydrogen-bond donors (Lipinski definition) is 1. The van der Waals surface area contributed by atoms with Crippen LogP contribution in [0.25, 0.3) is 0 Å². The van der Waals surface area contributed by atoms with Crippen LogP contribution < -0.4 is 9.47 Å². The molecule has 166 valence electrons. The standard InChI is InChI=1S/C24H27Cl2NO4/c1-16(11-23(28)29)13-27-9-7-24(8-10-27)15-31-22-12-17(5-6-19(22)24)30-14-18-20(25)3-2-4-21(18)26/h2-6,12,16H,7-11,13-15H2,1H3,(H,28,29). The summed E-state index contributed by atoms with van der Waals surface area (Å²) < 4.78 is 12.0. The zero-order valence-corrected chi connectivity index (χ0v) is 19.1. The van der Waals surface area contributed by atoms with Crippen molar-refractivity contribution in [3.05, 3.63) is 57.6 Å². The number of likely N-dealkylation sites (tertiary alicyclic amines) is 1. The third-order valence-corrected chi connectivity index (χ3v) is 7.09. The van der Waals surface area contributed by atoms with E-state index in [1.165, 1.54) is 5.56 Å². The maximum absolute atomic E-state index is 10.9. The number of hydrogen-bond acceptors (Lipinski definition) is 4. The largest absolute Gasteiger partial charge is 0.492 e. The van der Waals surface area contributed by atoms with Gasteiger partial charge in [0.1, 0.15) is 18.1 Å². The summed E-state index contributed by atoms with van der Waals surface area (Å²) in [6, 6.07) is 11.5. The Hall–Kier alpha value is -1.95. The normalized spacial score (nSPS) is 18.4. The Balaban J connectivity index is 1.38. The second-order valence-corrected chi connectivity index (χ2v) is 9.53. The van der Waals surface area contributed by atoms with Gasteiger partial charge in [0.25, 0.3) is 0 Å². The molecule has 1 unspecified atom stereocenters. The third kappa shape index (κ3) is 4.94. The Bertz CT molecular complexity index is 936. The van der Waals surface area contributed by atoms with Gasteiger partial charge in [0, 0.05) is 45.6 Å². The van der Waals surface area contributed by atoms with Crippen molar-refractivity contribution in [2.24, 2.45) is 5.92 Å². The zero-order chi connectivity index (χ0) is 22.0.